The van der Waals surface area contributed by atoms with Crippen LogP contribution in [0.5, 0.6) is 11.5 Å². The topological polar surface area (TPSA) is 99.0 Å². The first-order chi connectivity index (χ1) is 16.2. The Labute approximate surface area is 204 Å². The van der Waals surface area contributed by atoms with Crippen molar-refractivity contribution in [3.8, 4) is 22.6 Å². The number of benzene rings is 3. The fourth-order valence-corrected chi connectivity index (χ4v) is 4.49. The number of carboxylic acid groups (broad SMARTS) is 1. The Morgan fingerprint density at radius 1 is 0.971 bits per heavy atom. The Kier molecular flexibility index (Phi) is 8.98. The van der Waals surface area contributed by atoms with E-state index in [0.29, 0.717) is 18.7 Å². The standard InChI is InChI=1S/C27H31NO5S/c1-17(2)34-25-16-21(8-13-24(25)27(31)32)19-6-11-23(12-7-19)33-15-14-28-18(3)26(30)20-4-9-22(29)10-5-20/h4-13,16-18,26,28-30H,14-15H2,1-3H3,(H,31,32)/t18-,26+/m0/s1. The summed E-state index contributed by atoms with van der Waals surface area (Å²) in [7, 11) is 0. The quantitative estimate of drug-likeness (QED) is 0.216. The van der Waals surface area contributed by atoms with Crippen LogP contribution in [0.15, 0.2) is 71.6 Å². The smallest absolute Gasteiger partial charge is 0.336 e. The molecule has 0 aromatic heterocycles. The van der Waals surface area contributed by atoms with Crippen molar-refractivity contribution in [2.45, 2.75) is 43.1 Å². The van der Waals surface area contributed by atoms with Gasteiger partial charge in [-0.1, -0.05) is 44.2 Å². The second kappa shape index (κ2) is 11.9. The molecule has 7 heteroatoms. The molecular weight excluding hydrogens is 450 g/mol. The van der Waals surface area contributed by atoms with E-state index in [1.54, 1.807) is 42.1 Å². The molecule has 0 bridgehead atoms. The van der Waals surface area contributed by atoms with Crippen molar-refractivity contribution in [3.63, 3.8) is 0 Å². The van der Waals surface area contributed by atoms with Crippen LogP contribution < -0.4 is 10.1 Å². The summed E-state index contributed by atoms with van der Waals surface area (Å²) in [5.74, 6) is -0.0173. The minimum Gasteiger partial charge on any atom is -0.508 e. The minimum atomic E-state index is -0.919. The van der Waals surface area contributed by atoms with Gasteiger partial charge in [0.05, 0.1) is 11.7 Å². The number of phenols is 1. The lowest BCUT2D eigenvalue weighted by Crippen LogP contribution is -2.35. The number of rotatable bonds is 11. The second-order valence-corrected chi connectivity index (χ2v) is 9.95. The number of carbonyl (C=O) groups is 1. The summed E-state index contributed by atoms with van der Waals surface area (Å²) >= 11 is 1.54. The van der Waals surface area contributed by atoms with Crippen molar-refractivity contribution in [2.24, 2.45) is 0 Å². The number of hydrogen-bond donors (Lipinski definition) is 4. The molecule has 0 unspecified atom stereocenters. The molecule has 0 aliphatic heterocycles. The Morgan fingerprint density at radius 3 is 2.24 bits per heavy atom. The number of aliphatic hydroxyl groups is 1. The van der Waals surface area contributed by atoms with E-state index in [9.17, 15) is 20.1 Å². The van der Waals surface area contributed by atoms with E-state index in [-0.39, 0.29) is 17.0 Å². The Bertz CT molecular complexity index is 1080. The maximum Gasteiger partial charge on any atom is 0.336 e. The first kappa shape index (κ1) is 25.6. The molecule has 0 radical (unpaired) electrons. The average Bonchev–Trinajstić information content (AvgIpc) is 2.81. The molecule has 180 valence electrons. The number of carboxylic acids is 1. The monoisotopic (exact) mass is 481 g/mol. The molecule has 0 amide bonds. The molecule has 4 N–H and O–H groups in total. The van der Waals surface area contributed by atoms with Crippen LogP contribution in [0, 0.1) is 0 Å². The van der Waals surface area contributed by atoms with Crippen molar-refractivity contribution in [2.75, 3.05) is 13.2 Å². The van der Waals surface area contributed by atoms with Gasteiger partial charge in [-0.2, -0.15) is 0 Å². The number of nitrogens with one attached hydrogen (secondary N) is 1. The molecule has 34 heavy (non-hydrogen) atoms. The lowest BCUT2D eigenvalue weighted by molar-refractivity contribution is 0.0693. The van der Waals surface area contributed by atoms with Crippen LogP contribution in [0.3, 0.4) is 0 Å². The molecule has 0 heterocycles. The van der Waals surface area contributed by atoms with Gasteiger partial charge in [0, 0.05) is 22.7 Å². The molecule has 6 nitrogen and oxygen atoms in total. The maximum atomic E-state index is 11.5. The number of hydrogen-bond acceptors (Lipinski definition) is 6. The first-order valence-electron chi connectivity index (χ1n) is 11.2. The van der Waals surface area contributed by atoms with Gasteiger partial charge >= 0.3 is 5.97 Å². The van der Waals surface area contributed by atoms with Gasteiger partial charge in [0.2, 0.25) is 0 Å². The molecule has 0 aliphatic carbocycles. The van der Waals surface area contributed by atoms with Crippen LogP contribution >= 0.6 is 11.8 Å². The highest BCUT2D eigenvalue weighted by Crippen LogP contribution is 2.32. The average molecular weight is 482 g/mol. The zero-order chi connectivity index (χ0) is 24.7. The van der Waals surface area contributed by atoms with Crippen molar-refractivity contribution < 1.29 is 24.9 Å². The van der Waals surface area contributed by atoms with Crippen molar-refractivity contribution >= 4 is 17.7 Å². The van der Waals surface area contributed by atoms with E-state index < -0.39 is 12.1 Å². The molecule has 3 aromatic rings. The van der Waals surface area contributed by atoms with E-state index in [4.69, 9.17) is 4.74 Å². The molecule has 3 rings (SSSR count). The Hall–Kier alpha value is -3.00. The highest BCUT2D eigenvalue weighted by molar-refractivity contribution is 8.00. The molecule has 0 saturated carbocycles. The van der Waals surface area contributed by atoms with Gasteiger partial charge in [-0.25, -0.2) is 4.79 Å². The molecule has 2 atom stereocenters. The summed E-state index contributed by atoms with van der Waals surface area (Å²) in [6, 6.07) is 19.5. The van der Waals surface area contributed by atoms with E-state index in [0.717, 1.165) is 27.3 Å². The van der Waals surface area contributed by atoms with Gasteiger partial charge in [-0.3, -0.25) is 0 Å². The predicted molar refractivity (Wildman–Crippen MR) is 136 cm³/mol. The number of thioether (sulfide) groups is 1. The number of aromatic hydroxyl groups is 1. The molecule has 0 spiro atoms. The number of ether oxygens (including phenoxy) is 1. The van der Waals surface area contributed by atoms with Crippen molar-refractivity contribution in [3.05, 3.63) is 77.9 Å². The molecule has 0 fully saturated rings. The zero-order valence-corrected chi connectivity index (χ0v) is 20.4. The fourth-order valence-electron chi connectivity index (χ4n) is 3.50. The number of aliphatic hydroxyl groups excluding tert-OH is 1. The van der Waals surface area contributed by atoms with E-state index in [1.807, 2.05) is 57.2 Å². The molecule has 0 aliphatic rings. The SMILES string of the molecule is CC(C)Sc1cc(-c2ccc(OCCN[C@@H](C)[C@@H](O)c3ccc(O)cc3)cc2)ccc1C(=O)O. The van der Waals surface area contributed by atoms with Gasteiger partial charge in [-0.15, -0.1) is 11.8 Å². The third kappa shape index (κ3) is 7.00. The van der Waals surface area contributed by atoms with Crippen molar-refractivity contribution in [1.29, 1.82) is 0 Å². The summed E-state index contributed by atoms with van der Waals surface area (Å²) < 4.78 is 5.82. The van der Waals surface area contributed by atoms with Gasteiger partial charge in [0.15, 0.2) is 0 Å². The van der Waals surface area contributed by atoms with Gasteiger partial charge in [0.25, 0.3) is 0 Å². The van der Waals surface area contributed by atoms with Crippen LogP contribution in [0.2, 0.25) is 0 Å². The number of aromatic carboxylic acids is 1. The van der Waals surface area contributed by atoms with Crippen LogP contribution in [-0.4, -0.2) is 45.7 Å². The third-order valence-corrected chi connectivity index (χ3v) is 6.37. The second-order valence-electron chi connectivity index (χ2n) is 8.33. The van der Waals surface area contributed by atoms with Crippen molar-refractivity contribution in [1.82, 2.24) is 5.32 Å². The summed E-state index contributed by atoms with van der Waals surface area (Å²) in [4.78, 5) is 12.3. The van der Waals surface area contributed by atoms with E-state index in [2.05, 4.69) is 5.32 Å². The lowest BCUT2D eigenvalue weighted by atomic mass is 10.0. The molecule has 3 aromatic carbocycles. The van der Waals surface area contributed by atoms with Gasteiger partial charge in [0.1, 0.15) is 18.1 Å². The highest BCUT2D eigenvalue weighted by atomic mass is 32.2. The third-order valence-electron chi connectivity index (χ3n) is 5.31. The van der Waals surface area contributed by atoms with Crippen LogP contribution in [0.4, 0.5) is 0 Å². The lowest BCUT2D eigenvalue weighted by Gasteiger charge is -2.21. The summed E-state index contributed by atoms with van der Waals surface area (Å²) in [6.07, 6.45) is -0.689. The van der Waals surface area contributed by atoms with Gasteiger partial charge < -0.3 is 25.4 Å². The maximum absolute atomic E-state index is 11.5. The van der Waals surface area contributed by atoms with Crippen LogP contribution in [0.1, 0.15) is 42.8 Å². The largest absolute Gasteiger partial charge is 0.508 e. The highest BCUT2D eigenvalue weighted by Gasteiger charge is 2.16. The summed E-state index contributed by atoms with van der Waals surface area (Å²) in [5, 5.41) is 32.8. The fraction of sp³-hybridized carbons (Fsp3) is 0.296. The van der Waals surface area contributed by atoms with Gasteiger partial charge in [-0.05, 0) is 60.0 Å². The molecular formula is C27H31NO5S. The Morgan fingerprint density at radius 2 is 1.62 bits per heavy atom. The van der Waals surface area contributed by atoms with E-state index in [1.165, 1.54) is 0 Å². The summed E-state index contributed by atoms with van der Waals surface area (Å²) in [5.41, 5.74) is 3.00. The first-order valence-corrected chi connectivity index (χ1v) is 12.1. The number of phenolic OH excluding ortho intramolecular Hbond substituents is 1. The molecule has 0 saturated heterocycles. The van der Waals surface area contributed by atoms with E-state index >= 15 is 0 Å². The minimum absolute atomic E-state index is 0.170. The predicted octanol–water partition coefficient (Wildman–Crippen LogP) is 5.35. The normalized spacial score (nSPS) is 13.0. The Balaban J connectivity index is 1.54. The zero-order valence-electron chi connectivity index (χ0n) is 19.6. The van der Waals surface area contributed by atoms with Crippen LogP contribution in [-0.2, 0) is 0 Å². The van der Waals surface area contributed by atoms with Crippen LogP contribution in [0.25, 0.3) is 11.1 Å². The summed E-state index contributed by atoms with van der Waals surface area (Å²) in [6.45, 7) is 6.98.